The fraction of sp³-hybridized carbons (Fsp3) is 0.111. The molecular formula is C18H15ClN6. The first-order valence-electron chi connectivity index (χ1n) is 7.69. The lowest BCUT2D eigenvalue weighted by atomic mass is 10.1. The molecule has 25 heavy (non-hydrogen) atoms. The molecule has 3 aromatic rings. The fourth-order valence-electron chi connectivity index (χ4n) is 2.24. The quantitative estimate of drug-likeness (QED) is 0.703. The molecule has 0 saturated carbocycles. The van der Waals surface area contributed by atoms with Gasteiger partial charge in [0, 0.05) is 11.6 Å². The minimum atomic E-state index is 0.424. The molecule has 0 radical (unpaired) electrons. The molecule has 1 aromatic heterocycles. The Morgan fingerprint density at radius 2 is 1.88 bits per heavy atom. The minimum Gasteiger partial charge on any atom is -0.353 e. The first-order chi connectivity index (χ1) is 12.2. The lowest BCUT2D eigenvalue weighted by Crippen LogP contribution is -2.09. The Bertz CT molecular complexity index is 889. The van der Waals surface area contributed by atoms with Crippen LogP contribution in [0.2, 0.25) is 5.02 Å². The highest BCUT2D eigenvalue weighted by molar-refractivity contribution is 6.30. The normalized spacial score (nSPS) is 10.1. The van der Waals surface area contributed by atoms with Crippen molar-refractivity contribution in [1.82, 2.24) is 15.2 Å². The van der Waals surface area contributed by atoms with Gasteiger partial charge in [-0.1, -0.05) is 35.9 Å². The second-order valence-corrected chi connectivity index (χ2v) is 5.69. The monoisotopic (exact) mass is 350 g/mol. The molecule has 3 rings (SSSR count). The molecule has 0 spiro atoms. The number of rotatable bonds is 6. The van der Waals surface area contributed by atoms with Crippen molar-refractivity contribution in [2.75, 3.05) is 17.2 Å². The second kappa shape index (κ2) is 8.08. The summed E-state index contributed by atoms with van der Waals surface area (Å²) < 4.78 is 0. The Hall–Kier alpha value is -3.17. The van der Waals surface area contributed by atoms with E-state index in [4.69, 9.17) is 16.9 Å². The van der Waals surface area contributed by atoms with Crippen molar-refractivity contribution in [3.8, 4) is 6.07 Å². The molecule has 6 nitrogen and oxygen atoms in total. The summed E-state index contributed by atoms with van der Waals surface area (Å²) in [7, 11) is 0. The Morgan fingerprint density at radius 1 is 1.08 bits per heavy atom. The highest BCUT2D eigenvalue weighted by atomic mass is 35.5. The van der Waals surface area contributed by atoms with Crippen LogP contribution in [0.3, 0.4) is 0 Å². The van der Waals surface area contributed by atoms with Crippen molar-refractivity contribution >= 4 is 29.1 Å². The van der Waals surface area contributed by atoms with Gasteiger partial charge >= 0.3 is 0 Å². The van der Waals surface area contributed by atoms with E-state index in [1.807, 2.05) is 42.5 Å². The van der Waals surface area contributed by atoms with Crippen molar-refractivity contribution in [1.29, 1.82) is 5.26 Å². The molecule has 0 unspecified atom stereocenters. The zero-order valence-electron chi connectivity index (χ0n) is 13.3. The summed E-state index contributed by atoms with van der Waals surface area (Å²) >= 11 is 5.88. The van der Waals surface area contributed by atoms with Gasteiger partial charge in [0.15, 0.2) is 5.82 Å². The lowest BCUT2D eigenvalue weighted by Gasteiger charge is -2.08. The summed E-state index contributed by atoms with van der Waals surface area (Å²) in [6.07, 6.45) is 2.33. The van der Waals surface area contributed by atoms with E-state index in [1.54, 1.807) is 6.07 Å². The average Bonchev–Trinajstić information content (AvgIpc) is 2.64. The topological polar surface area (TPSA) is 86.5 Å². The number of nitrogens with one attached hydrogen (secondary N) is 2. The van der Waals surface area contributed by atoms with E-state index >= 15 is 0 Å². The van der Waals surface area contributed by atoms with Gasteiger partial charge in [0.2, 0.25) is 5.95 Å². The van der Waals surface area contributed by atoms with Gasteiger partial charge in [0.05, 0.1) is 17.4 Å². The molecule has 7 heteroatoms. The van der Waals surface area contributed by atoms with Crippen LogP contribution < -0.4 is 10.6 Å². The molecule has 0 atom stereocenters. The number of hydrogen-bond acceptors (Lipinski definition) is 6. The molecule has 0 aliphatic carbocycles. The van der Waals surface area contributed by atoms with Gasteiger partial charge in [0.25, 0.3) is 0 Å². The van der Waals surface area contributed by atoms with Gasteiger partial charge in [-0.25, -0.2) is 0 Å². The molecular weight excluding hydrogens is 336 g/mol. The van der Waals surface area contributed by atoms with E-state index in [1.165, 1.54) is 11.8 Å². The van der Waals surface area contributed by atoms with Crippen LogP contribution in [0.5, 0.6) is 0 Å². The van der Waals surface area contributed by atoms with Crippen molar-refractivity contribution in [3.05, 3.63) is 70.9 Å². The van der Waals surface area contributed by atoms with Crippen LogP contribution in [0.4, 0.5) is 17.5 Å². The van der Waals surface area contributed by atoms with Crippen LogP contribution in [0.15, 0.2) is 54.7 Å². The van der Waals surface area contributed by atoms with Crippen molar-refractivity contribution in [2.24, 2.45) is 0 Å². The van der Waals surface area contributed by atoms with Gasteiger partial charge in [-0.05, 0) is 36.2 Å². The van der Waals surface area contributed by atoms with E-state index in [9.17, 15) is 0 Å². The Kier molecular flexibility index (Phi) is 5.39. The summed E-state index contributed by atoms with van der Waals surface area (Å²) in [6, 6.07) is 17.1. The average molecular weight is 351 g/mol. The summed E-state index contributed by atoms with van der Waals surface area (Å²) in [5, 5.41) is 24.0. The SMILES string of the molecule is N#Cc1ccccc1Nc1cnnc(NCCc2ccc(Cl)cc2)n1. The maximum atomic E-state index is 9.13. The molecule has 2 aromatic carbocycles. The summed E-state index contributed by atoms with van der Waals surface area (Å²) in [4.78, 5) is 4.36. The smallest absolute Gasteiger partial charge is 0.244 e. The predicted octanol–water partition coefficient (Wildman–Crippen LogP) is 3.79. The third kappa shape index (κ3) is 4.66. The Morgan fingerprint density at radius 3 is 2.68 bits per heavy atom. The first kappa shape index (κ1) is 16.7. The van der Waals surface area contributed by atoms with Gasteiger partial charge in [0.1, 0.15) is 6.07 Å². The second-order valence-electron chi connectivity index (χ2n) is 5.25. The van der Waals surface area contributed by atoms with Crippen LogP contribution >= 0.6 is 11.6 Å². The third-order valence-electron chi connectivity index (χ3n) is 3.48. The number of nitriles is 1. The van der Waals surface area contributed by atoms with Crippen LogP contribution in [-0.4, -0.2) is 21.7 Å². The highest BCUT2D eigenvalue weighted by Crippen LogP contribution is 2.18. The number of para-hydroxylation sites is 1. The molecule has 0 bridgehead atoms. The number of halogens is 1. The van der Waals surface area contributed by atoms with E-state index in [2.05, 4.69) is 31.9 Å². The number of aromatic nitrogens is 3. The number of benzene rings is 2. The molecule has 0 saturated heterocycles. The van der Waals surface area contributed by atoms with E-state index in [-0.39, 0.29) is 0 Å². The van der Waals surface area contributed by atoms with Gasteiger partial charge in [-0.15, -0.1) is 5.10 Å². The lowest BCUT2D eigenvalue weighted by molar-refractivity contribution is 0.929. The summed E-state index contributed by atoms with van der Waals surface area (Å²) in [5.41, 5.74) is 2.39. The van der Waals surface area contributed by atoms with E-state index < -0.39 is 0 Å². The number of hydrogen-bond donors (Lipinski definition) is 2. The van der Waals surface area contributed by atoms with Crippen LogP contribution in [0, 0.1) is 11.3 Å². The molecule has 2 N–H and O–H groups in total. The number of nitrogens with zero attached hydrogens (tertiary/aromatic N) is 4. The zero-order valence-corrected chi connectivity index (χ0v) is 14.0. The van der Waals surface area contributed by atoms with Crippen LogP contribution in [-0.2, 0) is 6.42 Å². The Labute approximate surface area is 150 Å². The Balaban J connectivity index is 1.61. The third-order valence-corrected chi connectivity index (χ3v) is 3.73. The predicted molar refractivity (Wildman–Crippen MR) is 97.9 cm³/mol. The molecule has 1 heterocycles. The standard InChI is InChI=1S/C18H15ClN6/c19-15-7-5-13(6-8-15)9-10-21-18-24-17(12-22-25-18)23-16-4-2-1-3-14(16)11-20/h1-8,12H,9-10H2,(H2,21,23,24,25). The van der Waals surface area contributed by atoms with Gasteiger partial charge < -0.3 is 10.6 Å². The largest absolute Gasteiger partial charge is 0.353 e. The molecule has 0 aliphatic heterocycles. The van der Waals surface area contributed by atoms with Gasteiger partial charge in [-0.3, -0.25) is 0 Å². The van der Waals surface area contributed by atoms with Crippen molar-refractivity contribution < 1.29 is 0 Å². The van der Waals surface area contributed by atoms with Crippen molar-refractivity contribution in [2.45, 2.75) is 6.42 Å². The van der Waals surface area contributed by atoms with Crippen LogP contribution in [0.25, 0.3) is 0 Å². The highest BCUT2D eigenvalue weighted by Gasteiger charge is 2.04. The van der Waals surface area contributed by atoms with Crippen LogP contribution in [0.1, 0.15) is 11.1 Å². The maximum Gasteiger partial charge on any atom is 0.244 e. The number of anilines is 3. The van der Waals surface area contributed by atoms with Crippen molar-refractivity contribution in [3.63, 3.8) is 0 Å². The minimum absolute atomic E-state index is 0.424. The first-order valence-corrected chi connectivity index (χ1v) is 8.06. The fourth-order valence-corrected chi connectivity index (χ4v) is 2.36. The summed E-state index contributed by atoms with van der Waals surface area (Å²) in [5.74, 6) is 0.945. The zero-order chi connectivity index (χ0) is 17.5. The summed E-state index contributed by atoms with van der Waals surface area (Å²) in [6.45, 7) is 0.668. The molecule has 0 fully saturated rings. The van der Waals surface area contributed by atoms with E-state index in [0.29, 0.717) is 29.6 Å². The molecule has 0 aliphatic rings. The van der Waals surface area contributed by atoms with Gasteiger partial charge in [-0.2, -0.15) is 15.3 Å². The molecule has 0 amide bonds. The molecule has 124 valence electrons. The van der Waals surface area contributed by atoms with E-state index in [0.717, 1.165) is 11.4 Å². The maximum absolute atomic E-state index is 9.13.